The van der Waals surface area contributed by atoms with Crippen LogP contribution < -0.4 is 14.8 Å². The number of halogens is 3. The zero-order valence-electron chi connectivity index (χ0n) is 19.4. The monoisotopic (exact) mass is 484 g/mol. The molecule has 1 aromatic rings. The number of benzene rings is 1. The normalized spacial score (nSPS) is 31.6. The Morgan fingerprint density at radius 3 is 2.53 bits per heavy atom. The number of ether oxygens (including phenoxy) is 2. The van der Waals surface area contributed by atoms with Gasteiger partial charge < -0.3 is 24.6 Å². The highest BCUT2D eigenvalue weighted by Gasteiger charge is 2.56. The van der Waals surface area contributed by atoms with E-state index in [-0.39, 0.29) is 11.5 Å². The summed E-state index contributed by atoms with van der Waals surface area (Å²) in [5, 5.41) is 21.5. The van der Waals surface area contributed by atoms with Gasteiger partial charge >= 0.3 is 6.18 Å². The SMILES string of the molecule is OC(NC1CC12CCC(CCN1CCC(c3cccc4c3OCO4)CC1)CC2)C(O)C(F)(F)F. The highest BCUT2D eigenvalue weighted by molar-refractivity contribution is 5.49. The fourth-order valence-corrected chi connectivity index (χ4v) is 6.26. The second-order valence-corrected chi connectivity index (χ2v) is 10.6. The lowest BCUT2D eigenvalue weighted by molar-refractivity contribution is -0.234. The fraction of sp³-hybridized carbons (Fsp3) is 0.760. The third-order valence-corrected chi connectivity index (χ3v) is 8.61. The number of para-hydroxylation sites is 1. The van der Waals surface area contributed by atoms with Gasteiger partial charge in [0.1, 0.15) is 6.23 Å². The van der Waals surface area contributed by atoms with Crippen LogP contribution in [-0.4, -0.2) is 66.1 Å². The number of hydrogen-bond acceptors (Lipinski definition) is 6. The molecule has 0 bridgehead atoms. The lowest BCUT2D eigenvalue weighted by Gasteiger charge is -2.35. The standard InChI is InChI=1S/C25H35F3N2O4/c26-25(27,28)22(31)23(32)29-20-14-24(20)9-4-16(5-10-24)6-11-30-12-7-17(8-13-30)18-2-1-3-19-21(18)34-15-33-19/h1-3,16-17,20,22-23,29,31-32H,4-15H2. The molecule has 9 heteroatoms. The van der Waals surface area contributed by atoms with Crippen molar-refractivity contribution >= 4 is 0 Å². The van der Waals surface area contributed by atoms with E-state index < -0.39 is 18.5 Å². The number of likely N-dealkylation sites (tertiary alicyclic amines) is 1. The van der Waals surface area contributed by atoms with Gasteiger partial charge in [-0.05, 0) is 94.3 Å². The number of alkyl halides is 3. The number of rotatable bonds is 7. The molecule has 0 radical (unpaired) electrons. The van der Waals surface area contributed by atoms with Gasteiger partial charge in [0.15, 0.2) is 17.6 Å². The number of nitrogens with one attached hydrogen (secondary N) is 1. The number of aliphatic hydroxyl groups excluding tert-OH is 2. The molecule has 3 atom stereocenters. The first-order valence-electron chi connectivity index (χ1n) is 12.5. The molecule has 6 nitrogen and oxygen atoms in total. The Balaban J connectivity index is 1.02. The molecule has 3 unspecified atom stereocenters. The van der Waals surface area contributed by atoms with Crippen molar-refractivity contribution < 1.29 is 32.9 Å². The van der Waals surface area contributed by atoms with E-state index in [0.717, 1.165) is 82.5 Å². The molecule has 0 amide bonds. The molecule has 5 rings (SSSR count). The Hall–Kier alpha value is -1.55. The predicted molar refractivity (Wildman–Crippen MR) is 120 cm³/mol. The minimum absolute atomic E-state index is 0.00285. The quantitative estimate of drug-likeness (QED) is 0.512. The van der Waals surface area contributed by atoms with Crippen LogP contribution in [-0.2, 0) is 0 Å². The number of piperidine rings is 1. The fourth-order valence-electron chi connectivity index (χ4n) is 6.26. The van der Waals surface area contributed by atoms with Crippen LogP contribution in [0.1, 0.15) is 62.8 Å². The van der Waals surface area contributed by atoms with Crippen LogP contribution in [0.15, 0.2) is 18.2 Å². The zero-order valence-corrected chi connectivity index (χ0v) is 19.4. The number of nitrogens with zero attached hydrogens (tertiary/aromatic N) is 1. The maximum atomic E-state index is 12.6. The van der Waals surface area contributed by atoms with E-state index in [9.17, 15) is 23.4 Å². The van der Waals surface area contributed by atoms with Gasteiger partial charge in [0, 0.05) is 11.6 Å². The summed E-state index contributed by atoms with van der Waals surface area (Å²) in [4.78, 5) is 2.55. The van der Waals surface area contributed by atoms with E-state index in [2.05, 4.69) is 16.3 Å². The Morgan fingerprint density at radius 1 is 1.09 bits per heavy atom. The van der Waals surface area contributed by atoms with Gasteiger partial charge in [0.2, 0.25) is 6.79 Å². The molecule has 2 saturated carbocycles. The van der Waals surface area contributed by atoms with Crippen LogP contribution in [0.4, 0.5) is 13.2 Å². The van der Waals surface area contributed by atoms with E-state index >= 15 is 0 Å². The second-order valence-electron chi connectivity index (χ2n) is 10.6. The Bertz CT molecular complexity index is 851. The summed E-state index contributed by atoms with van der Waals surface area (Å²) in [6.45, 7) is 3.56. The molecule has 2 aliphatic heterocycles. The Labute approximate surface area is 198 Å². The molecule has 2 aliphatic carbocycles. The van der Waals surface area contributed by atoms with Crippen LogP contribution in [0.25, 0.3) is 0 Å². The summed E-state index contributed by atoms with van der Waals surface area (Å²) in [7, 11) is 0. The van der Waals surface area contributed by atoms with Crippen LogP contribution in [0.3, 0.4) is 0 Å². The predicted octanol–water partition coefficient (Wildman–Crippen LogP) is 3.76. The molecule has 2 heterocycles. The largest absolute Gasteiger partial charge is 0.454 e. The van der Waals surface area contributed by atoms with Crippen LogP contribution in [0.5, 0.6) is 11.5 Å². The number of fused-ring (bicyclic) bond motifs is 1. The van der Waals surface area contributed by atoms with Gasteiger partial charge in [-0.25, -0.2) is 0 Å². The number of aliphatic hydroxyl groups is 2. The van der Waals surface area contributed by atoms with Crippen molar-refractivity contribution in [3.63, 3.8) is 0 Å². The van der Waals surface area contributed by atoms with E-state index in [4.69, 9.17) is 9.47 Å². The Morgan fingerprint density at radius 2 is 1.82 bits per heavy atom. The van der Waals surface area contributed by atoms with Crippen molar-refractivity contribution in [2.24, 2.45) is 11.3 Å². The lowest BCUT2D eigenvalue weighted by Crippen LogP contribution is -2.49. The van der Waals surface area contributed by atoms with Gasteiger partial charge in [-0.2, -0.15) is 13.2 Å². The molecule has 1 aromatic carbocycles. The summed E-state index contributed by atoms with van der Waals surface area (Å²) in [6, 6.07) is 6.04. The van der Waals surface area contributed by atoms with Crippen LogP contribution in [0, 0.1) is 11.3 Å². The van der Waals surface area contributed by atoms with Crippen molar-refractivity contribution in [2.75, 3.05) is 26.4 Å². The van der Waals surface area contributed by atoms with E-state index in [1.54, 1.807) is 0 Å². The van der Waals surface area contributed by atoms with Gasteiger partial charge in [0.25, 0.3) is 0 Å². The molecular weight excluding hydrogens is 449 g/mol. The second kappa shape index (κ2) is 9.48. The summed E-state index contributed by atoms with van der Waals surface area (Å²) >= 11 is 0. The molecule has 0 aromatic heterocycles. The maximum Gasteiger partial charge on any atom is 0.418 e. The van der Waals surface area contributed by atoms with Gasteiger partial charge in [-0.15, -0.1) is 0 Å². The van der Waals surface area contributed by atoms with Crippen molar-refractivity contribution in [1.82, 2.24) is 10.2 Å². The van der Waals surface area contributed by atoms with Gasteiger partial charge in [-0.1, -0.05) is 12.1 Å². The molecule has 34 heavy (non-hydrogen) atoms. The van der Waals surface area contributed by atoms with Crippen molar-refractivity contribution in [1.29, 1.82) is 0 Å². The summed E-state index contributed by atoms with van der Waals surface area (Å²) in [5.41, 5.74) is 1.27. The first kappa shape index (κ1) is 24.2. The molecule has 1 spiro atoms. The van der Waals surface area contributed by atoms with Crippen LogP contribution in [0.2, 0.25) is 0 Å². The topological polar surface area (TPSA) is 74.2 Å². The minimum atomic E-state index is -4.82. The smallest absolute Gasteiger partial charge is 0.418 e. The van der Waals surface area contributed by atoms with Crippen molar-refractivity contribution in [3.05, 3.63) is 23.8 Å². The summed E-state index contributed by atoms with van der Waals surface area (Å²) in [5.74, 6) is 2.94. The van der Waals surface area contributed by atoms with Crippen LogP contribution >= 0.6 is 0 Å². The molecular formula is C25H35F3N2O4. The maximum absolute atomic E-state index is 12.6. The molecule has 3 N–H and O–H groups in total. The highest BCUT2D eigenvalue weighted by Crippen LogP contribution is 2.58. The lowest BCUT2D eigenvalue weighted by atomic mass is 9.77. The third kappa shape index (κ3) is 5.03. The zero-order chi connectivity index (χ0) is 23.9. The van der Waals surface area contributed by atoms with Crippen molar-refractivity contribution in [2.45, 2.75) is 81.8 Å². The minimum Gasteiger partial charge on any atom is -0.454 e. The third-order valence-electron chi connectivity index (χ3n) is 8.61. The van der Waals surface area contributed by atoms with Gasteiger partial charge in [-0.3, -0.25) is 5.32 Å². The molecule has 4 aliphatic rings. The van der Waals surface area contributed by atoms with E-state index in [1.165, 1.54) is 5.56 Å². The van der Waals surface area contributed by atoms with Crippen molar-refractivity contribution in [3.8, 4) is 11.5 Å². The first-order chi connectivity index (χ1) is 16.2. The average molecular weight is 485 g/mol. The molecule has 1 saturated heterocycles. The molecule has 190 valence electrons. The van der Waals surface area contributed by atoms with E-state index in [1.807, 2.05) is 12.1 Å². The Kier molecular flexibility index (Phi) is 6.74. The average Bonchev–Trinajstić information content (AvgIpc) is 3.24. The van der Waals surface area contributed by atoms with E-state index in [0.29, 0.717) is 18.6 Å². The van der Waals surface area contributed by atoms with Gasteiger partial charge in [0.05, 0.1) is 0 Å². The number of hydrogen-bond donors (Lipinski definition) is 3. The molecule has 3 fully saturated rings. The summed E-state index contributed by atoms with van der Waals surface area (Å²) < 4.78 is 49.0. The highest BCUT2D eigenvalue weighted by atomic mass is 19.4. The first-order valence-corrected chi connectivity index (χ1v) is 12.5. The summed E-state index contributed by atoms with van der Waals surface area (Å²) in [6.07, 6.45) is -1.21.